The third-order valence-corrected chi connectivity index (χ3v) is 7.46. The van der Waals surface area contributed by atoms with Crippen LogP contribution < -0.4 is 20.7 Å². The lowest BCUT2D eigenvalue weighted by molar-refractivity contribution is -0.198. The number of piperidine rings is 1. The number of benzene rings is 1. The van der Waals surface area contributed by atoms with Gasteiger partial charge in [0.1, 0.15) is 11.9 Å². The Kier molecular flexibility index (Phi) is 7.01. The Labute approximate surface area is 227 Å². The van der Waals surface area contributed by atoms with E-state index in [0.717, 1.165) is 0 Å². The van der Waals surface area contributed by atoms with Gasteiger partial charge in [0, 0.05) is 37.5 Å². The number of alkyl halides is 3. The standard InChI is InChI=1S/C26H27F3N8O3/c1-15-4-7-37(35-15)19-10-16(13-30)2-3-17(19)22(26(27,28)29)40-21-11-20(33-24(31)34-21)36-8-5-25(6-9-36)12-18(23(38)39)32-14-25/h2-4,7,10-11,18,22,32H,5-6,8-9,12,14H2,1H3,(H,38,39)(H2,31,33,34)/t18-,22?/m0/s1. The fourth-order valence-corrected chi connectivity index (χ4v) is 5.35. The first kappa shape index (κ1) is 27.2. The Morgan fingerprint density at radius 1 is 1.27 bits per heavy atom. The summed E-state index contributed by atoms with van der Waals surface area (Å²) in [6.07, 6.45) is -3.89. The van der Waals surface area contributed by atoms with Crippen molar-refractivity contribution in [3.05, 3.63) is 53.3 Å². The van der Waals surface area contributed by atoms with Gasteiger partial charge < -0.3 is 25.8 Å². The number of rotatable bonds is 6. The zero-order chi connectivity index (χ0) is 28.7. The summed E-state index contributed by atoms with van der Waals surface area (Å²) >= 11 is 0. The van der Waals surface area contributed by atoms with Crippen LogP contribution in [0.5, 0.6) is 5.88 Å². The number of hydrogen-bond acceptors (Lipinski definition) is 9. The summed E-state index contributed by atoms with van der Waals surface area (Å²) in [5, 5.41) is 25.9. The van der Waals surface area contributed by atoms with E-state index in [2.05, 4.69) is 20.4 Å². The van der Waals surface area contributed by atoms with Gasteiger partial charge in [0.2, 0.25) is 17.9 Å². The van der Waals surface area contributed by atoms with Gasteiger partial charge in [0.25, 0.3) is 0 Å². The molecule has 2 aliphatic rings. The third kappa shape index (κ3) is 5.50. The number of nitrogen functional groups attached to an aromatic ring is 1. The molecule has 4 heterocycles. The van der Waals surface area contributed by atoms with Crippen molar-refractivity contribution in [2.45, 2.75) is 44.5 Å². The summed E-state index contributed by atoms with van der Waals surface area (Å²) in [5.41, 5.74) is 6.26. The number of carbonyl (C=O) groups is 1. The predicted octanol–water partition coefficient (Wildman–Crippen LogP) is 3.14. The van der Waals surface area contributed by atoms with E-state index < -0.39 is 24.3 Å². The monoisotopic (exact) mass is 556 g/mol. The van der Waals surface area contributed by atoms with Gasteiger partial charge in [-0.1, -0.05) is 6.07 Å². The van der Waals surface area contributed by atoms with E-state index in [1.807, 2.05) is 11.0 Å². The molecular formula is C26H27F3N8O3. The van der Waals surface area contributed by atoms with Crippen molar-refractivity contribution in [1.82, 2.24) is 25.1 Å². The number of nitrogens with one attached hydrogen (secondary N) is 1. The summed E-state index contributed by atoms with van der Waals surface area (Å²) in [5.74, 6) is -1.16. The number of carboxylic acid groups (broad SMARTS) is 1. The fraction of sp³-hybridized carbons (Fsp3) is 0.423. The molecule has 1 spiro atoms. The zero-order valence-electron chi connectivity index (χ0n) is 21.5. The molecule has 4 N–H and O–H groups in total. The van der Waals surface area contributed by atoms with Crippen LogP contribution in [0, 0.1) is 23.7 Å². The molecule has 5 rings (SSSR count). The van der Waals surface area contributed by atoms with E-state index in [4.69, 9.17) is 10.5 Å². The highest BCUT2D eigenvalue weighted by Gasteiger charge is 2.46. The van der Waals surface area contributed by atoms with Crippen LogP contribution in [0.4, 0.5) is 24.9 Å². The molecule has 0 saturated carbocycles. The highest BCUT2D eigenvalue weighted by molar-refractivity contribution is 5.74. The van der Waals surface area contributed by atoms with Crippen molar-refractivity contribution in [2.75, 3.05) is 30.3 Å². The number of halogens is 3. The SMILES string of the molecule is Cc1ccn(-c2cc(C#N)ccc2C(Oc2cc(N3CCC4(CC3)CN[C@H](C(=O)O)C4)nc(N)n2)C(F)(F)F)n1. The van der Waals surface area contributed by atoms with E-state index in [1.165, 1.54) is 35.1 Å². The predicted molar refractivity (Wildman–Crippen MR) is 137 cm³/mol. The van der Waals surface area contributed by atoms with Crippen LogP contribution in [0.15, 0.2) is 36.5 Å². The molecule has 0 amide bonds. The van der Waals surface area contributed by atoms with Crippen molar-refractivity contribution in [1.29, 1.82) is 5.26 Å². The van der Waals surface area contributed by atoms with Crippen molar-refractivity contribution >= 4 is 17.7 Å². The molecule has 14 heteroatoms. The Morgan fingerprint density at radius 2 is 2.02 bits per heavy atom. The average molecular weight is 557 g/mol. The summed E-state index contributed by atoms with van der Waals surface area (Å²) in [6.45, 7) is 3.33. The second-order valence-corrected chi connectivity index (χ2v) is 10.2. The number of carboxylic acids is 1. The zero-order valence-corrected chi connectivity index (χ0v) is 21.5. The number of aromatic nitrogens is 4. The van der Waals surface area contributed by atoms with Gasteiger partial charge in [-0.3, -0.25) is 4.79 Å². The minimum absolute atomic E-state index is 0.0443. The quantitative estimate of drug-likeness (QED) is 0.412. The number of anilines is 2. The molecule has 1 unspecified atom stereocenters. The lowest BCUT2D eigenvalue weighted by atomic mass is 9.76. The number of aryl methyl sites for hydroxylation is 1. The van der Waals surface area contributed by atoms with E-state index in [0.29, 0.717) is 50.4 Å². The molecule has 210 valence electrons. The van der Waals surface area contributed by atoms with E-state index in [9.17, 15) is 28.3 Å². The Hall–Kier alpha value is -4.38. The van der Waals surface area contributed by atoms with E-state index >= 15 is 0 Å². The molecule has 2 fully saturated rings. The lowest BCUT2D eigenvalue weighted by Gasteiger charge is -2.39. The second kappa shape index (κ2) is 10.3. The maximum atomic E-state index is 14.4. The topological polar surface area (TPSA) is 155 Å². The van der Waals surface area contributed by atoms with Crippen LogP contribution in [0.2, 0.25) is 0 Å². The minimum atomic E-state index is -4.85. The second-order valence-electron chi connectivity index (χ2n) is 10.2. The maximum absolute atomic E-state index is 14.4. The van der Waals surface area contributed by atoms with Crippen molar-refractivity contribution in [3.8, 4) is 17.6 Å². The minimum Gasteiger partial charge on any atom is -0.480 e. The molecule has 2 aliphatic heterocycles. The first-order valence-corrected chi connectivity index (χ1v) is 12.6. The molecule has 2 atom stereocenters. The van der Waals surface area contributed by atoms with E-state index in [-0.39, 0.29) is 34.1 Å². The van der Waals surface area contributed by atoms with Gasteiger partial charge in [0.15, 0.2) is 0 Å². The van der Waals surface area contributed by atoms with Gasteiger partial charge in [-0.15, -0.1) is 0 Å². The third-order valence-electron chi connectivity index (χ3n) is 7.46. The van der Waals surface area contributed by atoms with Gasteiger partial charge in [-0.05, 0) is 49.8 Å². The molecule has 11 nitrogen and oxygen atoms in total. The van der Waals surface area contributed by atoms with Crippen molar-refractivity contribution < 1.29 is 27.8 Å². The average Bonchev–Trinajstić information content (AvgIpc) is 3.53. The van der Waals surface area contributed by atoms with Crippen LogP contribution in [-0.4, -0.2) is 62.7 Å². The Bertz CT molecular complexity index is 1460. The first-order chi connectivity index (χ1) is 19.0. The first-order valence-electron chi connectivity index (χ1n) is 12.6. The Balaban J connectivity index is 1.41. The van der Waals surface area contributed by atoms with Crippen LogP contribution in [0.25, 0.3) is 5.69 Å². The maximum Gasteiger partial charge on any atom is 0.429 e. The summed E-state index contributed by atoms with van der Waals surface area (Å²) in [6, 6.07) is 8.11. The Morgan fingerprint density at radius 3 is 2.62 bits per heavy atom. The van der Waals surface area contributed by atoms with Crippen LogP contribution in [0.3, 0.4) is 0 Å². The molecule has 40 heavy (non-hydrogen) atoms. The van der Waals surface area contributed by atoms with Gasteiger partial charge >= 0.3 is 12.1 Å². The van der Waals surface area contributed by atoms with Crippen molar-refractivity contribution in [3.63, 3.8) is 0 Å². The number of nitrogens with zero attached hydrogens (tertiary/aromatic N) is 6. The normalized spacial score (nSPS) is 19.4. The molecule has 3 aromatic rings. The lowest BCUT2D eigenvalue weighted by Crippen LogP contribution is -2.41. The van der Waals surface area contributed by atoms with Crippen molar-refractivity contribution in [2.24, 2.45) is 5.41 Å². The van der Waals surface area contributed by atoms with E-state index in [1.54, 1.807) is 13.0 Å². The van der Waals surface area contributed by atoms with Crippen LogP contribution in [0.1, 0.15) is 42.2 Å². The number of nitrogens with two attached hydrogens (primary N) is 1. The largest absolute Gasteiger partial charge is 0.480 e. The molecule has 0 bridgehead atoms. The molecule has 0 aliphatic carbocycles. The fourth-order valence-electron chi connectivity index (χ4n) is 5.35. The molecule has 0 radical (unpaired) electrons. The highest BCUT2D eigenvalue weighted by Crippen LogP contribution is 2.42. The molecular weight excluding hydrogens is 529 g/mol. The van der Waals surface area contributed by atoms with Crippen LogP contribution >= 0.6 is 0 Å². The van der Waals surface area contributed by atoms with Gasteiger partial charge in [0.05, 0.1) is 23.0 Å². The highest BCUT2D eigenvalue weighted by atomic mass is 19.4. The summed E-state index contributed by atoms with van der Waals surface area (Å²) < 4.78 is 50.0. The smallest absolute Gasteiger partial charge is 0.429 e. The van der Waals surface area contributed by atoms with Crippen LogP contribution in [-0.2, 0) is 4.79 Å². The molecule has 2 aromatic heterocycles. The number of hydrogen-bond donors (Lipinski definition) is 3. The summed E-state index contributed by atoms with van der Waals surface area (Å²) in [7, 11) is 0. The number of nitriles is 1. The number of ether oxygens (including phenoxy) is 1. The molecule has 1 aromatic carbocycles. The summed E-state index contributed by atoms with van der Waals surface area (Å²) in [4.78, 5) is 21.4. The molecule has 2 saturated heterocycles. The van der Waals surface area contributed by atoms with Gasteiger partial charge in [-0.2, -0.15) is 33.5 Å². The van der Waals surface area contributed by atoms with Gasteiger partial charge in [-0.25, -0.2) is 4.68 Å². The number of aliphatic carboxylic acids is 1.